The molecular formula is C29H27BrN4O3S. The van der Waals surface area contributed by atoms with Crippen LogP contribution in [0, 0.1) is 6.92 Å². The second-order valence-corrected chi connectivity index (χ2v) is 11.3. The third-order valence-electron chi connectivity index (χ3n) is 6.85. The highest BCUT2D eigenvalue weighted by molar-refractivity contribution is 9.10. The van der Waals surface area contributed by atoms with E-state index in [0.717, 1.165) is 38.2 Å². The minimum absolute atomic E-state index is 0.0819. The molecule has 0 radical (unpaired) electrons. The smallest absolute Gasteiger partial charge is 0.261 e. The first-order chi connectivity index (χ1) is 18.3. The van der Waals surface area contributed by atoms with E-state index in [0.29, 0.717) is 22.4 Å². The predicted octanol–water partition coefficient (Wildman–Crippen LogP) is 5.42. The van der Waals surface area contributed by atoms with Gasteiger partial charge in [0.2, 0.25) is 0 Å². The maximum Gasteiger partial charge on any atom is 0.261 e. The molecule has 3 heterocycles. The summed E-state index contributed by atoms with van der Waals surface area (Å²) < 4.78 is 2.65. The van der Waals surface area contributed by atoms with Crippen molar-refractivity contribution in [2.45, 2.75) is 32.7 Å². The molecule has 9 heteroatoms. The molecule has 4 aromatic rings. The number of carbonyl (C=O) groups is 3. The van der Waals surface area contributed by atoms with Crippen molar-refractivity contribution in [2.75, 3.05) is 6.54 Å². The molecule has 2 aromatic heterocycles. The van der Waals surface area contributed by atoms with Gasteiger partial charge in [-0.3, -0.25) is 24.0 Å². The van der Waals surface area contributed by atoms with E-state index in [-0.39, 0.29) is 24.3 Å². The summed E-state index contributed by atoms with van der Waals surface area (Å²) in [5, 5.41) is 7.45. The molecule has 1 atom stereocenters. The molecular weight excluding hydrogens is 564 g/mol. The molecule has 5 rings (SSSR count). The summed E-state index contributed by atoms with van der Waals surface area (Å²) in [6, 6.07) is 16.2. The van der Waals surface area contributed by atoms with Gasteiger partial charge < -0.3 is 5.32 Å². The van der Waals surface area contributed by atoms with Crippen molar-refractivity contribution in [2.24, 2.45) is 7.05 Å². The number of nitrogens with one attached hydrogen (secondary N) is 1. The third-order valence-corrected chi connectivity index (χ3v) is 8.71. The topological polar surface area (TPSA) is 84.3 Å². The van der Waals surface area contributed by atoms with Gasteiger partial charge in [0.25, 0.3) is 17.7 Å². The average molecular weight is 592 g/mol. The molecule has 3 amide bonds. The van der Waals surface area contributed by atoms with Crippen molar-refractivity contribution in [3.8, 4) is 11.3 Å². The Morgan fingerprint density at radius 3 is 2.32 bits per heavy atom. The normalized spacial score (nSPS) is 13.6. The lowest BCUT2D eigenvalue weighted by molar-refractivity contribution is 0.0629. The van der Waals surface area contributed by atoms with Crippen LogP contribution in [0.5, 0.6) is 0 Å². The van der Waals surface area contributed by atoms with Crippen molar-refractivity contribution < 1.29 is 14.4 Å². The van der Waals surface area contributed by atoms with Crippen molar-refractivity contribution in [1.82, 2.24) is 20.0 Å². The molecule has 194 valence electrons. The number of fused-ring (bicyclic) bond motifs is 1. The monoisotopic (exact) mass is 590 g/mol. The zero-order valence-corrected chi connectivity index (χ0v) is 23.7. The van der Waals surface area contributed by atoms with E-state index < -0.39 is 6.04 Å². The molecule has 1 aliphatic heterocycles. The van der Waals surface area contributed by atoms with Gasteiger partial charge in [-0.15, -0.1) is 11.3 Å². The number of rotatable bonds is 8. The fourth-order valence-electron chi connectivity index (χ4n) is 4.87. The molecule has 0 saturated heterocycles. The first-order valence-corrected chi connectivity index (χ1v) is 14.0. The molecule has 0 unspecified atom stereocenters. The average Bonchev–Trinajstić information content (AvgIpc) is 3.55. The van der Waals surface area contributed by atoms with Crippen molar-refractivity contribution in [1.29, 1.82) is 0 Å². The first kappa shape index (κ1) is 26.1. The summed E-state index contributed by atoms with van der Waals surface area (Å²) in [7, 11) is 1.87. The Kier molecular flexibility index (Phi) is 7.32. The lowest BCUT2D eigenvalue weighted by Crippen LogP contribution is -2.46. The van der Waals surface area contributed by atoms with Crippen LogP contribution in [0.4, 0.5) is 0 Å². The highest BCUT2D eigenvalue weighted by atomic mass is 79.9. The number of aromatic nitrogens is 2. The number of imide groups is 1. The van der Waals surface area contributed by atoms with Crippen LogP contribution in [0.2, 0.25) is 0 Å². The van der Waals surface area contributed by atoms with Gasteiger partial charge in [0.15, 0.2) is 0 Å². The Morgan fingerprint density at radius 1 is 1.05 bits per heavy atom. The standard InChI is InChI=1S/C29H27BrN4O3S/c1-4-24-22(26-23(30)15-31-33(26)3)14-25(38-24)27(35)32-19(13-18-10-6-5-9-17(18)2)16-34-28(36)20-11-7-8-12-21(20)29(34)37/h5-12,14-15,19H,4,13,16H2,1-3H3,(H,32,35)/t19-/m0/s1. The fraction of sp³-hybridized carbons (Fsp3) is 0.241. The second kappa shape index (κ2) is 10.7. The van der Waals surface area contributed by atoms with Gasteiger partial charge in [-0.05, 0) is 65.0 Å². The summed E-state index contributed by atoms with van der Waals surface area (Å²) >= 11 is 5.02. The Labute approximate surface area is 233 Å². The Hall–Kier alpha value is -3.56. The SMILES string of the molecule is CCc1sc(C(=O)N[C@@H](Cc2ccccc2C)CN2C(=O)c3ccccc3C2=O)cc1-c1c(Br)cnn1C. The highest BCUT2D eigenvalue weighted by Gasteiger charge is 2.37. The Balaban J connectivity index is 1.44. The number of carbonyl (C=O) groups excluding carboxylic acids is 3. The van der Waals surface area contributed by atoms with Crippen LogP contribution < -0.4 is 5.32 Å². The molecule has 0 saturated carbocycles. The molecule has 1 aliphatic rings. The van der Waals surface area contributed by atoms with E-state index >= 15 is 0 Å². The van der Waals surface area contributed by atoms with Crippen LogP contribution in [0.15, 0.2) is 65.3 Å². The number of aryl methyl sites for hydroxylation is 3. The van der Waals surface area contributed by atoms with E-state index in [4.69, 9.17) is 0 Å². The van der Waals surface area contributed by atoms with E-state index in [1.54, 1.807) is 35.1 Å². The van der Waals surface area contributed by atoms with Gasteiger partial charge in [-0.2, -0.15) is 5.10 Å². The number of nitrogens with zero attached hydrogens (tertiary/aromatic N) is 3. The van der Waals surface area contributed by atoms with Gasteiger partial charge in [-0.1, -0.05) is 43.3 Å². The van der Waals surface area contributed by atoms with Crippen LogP contribution in [0.3, 0.4) is 0 Å². The summed E-state index contributed by atoms with van der Waals surface area (Å²) in [5.74, 6) is -0.894. The lowest BCUT2D eigenvalue weighted by Gasteiger charge is -2.24. The number of hydrogen-bond donors (Lipinski definition) is 1. The fourth-order valence-corrected chi connectivity index (χ4v) is 6.43. The van der Waals surface area contributed by atoms with Crippen molar-refractivity contribution in [3.63, 3.8) is 0 Å². The minimum atomic E-state index is -0.468. The Morgan fingerprint density at radius 2 is 1.71 bits per heavy atom. The zero-order chi connectivity index (χ0) is 27.0. The van der Waals surface area contributed by atoms with E-state index in [1.807, 2.05) is 44.3 Å². The van der Waals surface area contributed by atoms with Gasteiger partial charge in [0, 0.05) is 24.0 Å². The molecule has 2 aromatic carbocycles. The van der Waals surface area contributed by atoms with Crippen LogP contribution in [0.25, 0.3) is 11.3 Å². The van der Waals surface area contributed by atoms with Gasteiger partial charge >= 0.3 is 0 Å². The molecule has 0 spiro atoms. The van der Waals surface area contributed by atoms with Crippen LogP contribution in [-0.4, -0.2) is 45.0 Å². The maximum absolute atomic E-state index is 13.6. The third kappa shape index (κ3) is 4.83. The number of hydrogen-bond acceptors (Lipinski definition) is 5. The molecule has 1 N–H and O–H groups in total. The quantitative estimate of drug-likeness (QED) is 0.278. The highest BCUT2D eigenvalue weighted by Crippen LogP contribution is 2.36. The lowest BCUT2D eigenvalue weighted by atomic mass is 10.0. The summed E-state index contributed by atoms with van der Waals surface area (Å²) in [6.45, 7) is 4.16. The first-order valence-electron chi connectivity index (χ1n) is 12.4. The maximum atomic E-state index is 13.6. The van der Waals surface area contributed by atoms with E-state index in [9.17, 15) is 14.4 Å². The van der Waals surface area contributed by atoms with E-state index in [2.05, 4.69) is 33.3 Å². The number of amides is 3. The van der Waals surface area contributed by atoms with Crippen molar-refractivity contribution in [3.05, 3.63) is 97.3 Å². The van der Waals surface area contributed by atoms with Crippen LogP contribution in [0.1, 0.15) is 53.3 Å². The minimum Gasteiger partial charge on any atom is -0.346 e. The largest absolute Gasteiger partial charge is 0.346 e. The van der Waals surface area contributed by atoms with Gasteiger partial charge in [0.05, 0.1) is 38.4 Å². The summed E-state index contributed by atoms with van der Waals surface area (Å²) in [6.07, 6.45) is 3.00. The Bertz CT molecular complexity index is 1500. The van der Waals surface area contributed by atoms with Crippen LogP contribution >= 0.6 is 27.3 Å². The summed E-state index contributed by atoms with van der Waals surface area (Å²) in [5.41, 5.74) is 4.81. The van der Waals surface area contributed by atoms with Crippen molar-refractivity contribution >= 4 is 45.0 Å². The number of benzene rings is 2. The molecule has 7 nitrogen and oxygen atoms in total. The van der Waals surface area contributed by atoms with Crippen LogP contribution in [-0.2, 0) is 19.9 Å². The second-order valence-electron chi connectivity index (χ2n) is 9.33. The molecule has 0 bridgehead atoms. The molecule has 0 fully saturated rings. The predicted molar refractivity (Wildman–Crippen MR) is 152 cm³/mol. The van der Waals surface area contributed by atoms with Gasteiger partial charge in [0.1, 0.15) is 0 Å². The van der Waals surface area contributed by atoms with E-state index in [1.165, 1.54) is 16.2 Å². The summed E-state index contributed by atoms with van der Waals surface area (Å²) in [4.78, 5) is 42.6. The molecule has 38 heavy (non-hydrogen) atoms. The zero-order valence-electron chi connectivity index (χ0n) is 21.3. The molecule has 0 aliphatic carbocycles. The number of halogens is 1. The van der Waals surface area contributed by atoms with Gasteiger partial charge in [-0.25, -0.2) is 0 Å². The number of thiophene rings is 1.